The predicted octanol–water partition coefficient (Wildman–Crippen LogP) is 6.42. The van der Waals surface area contributed by atoms with Crippen LogP contribution < -0.4 is 10.2 Å². The van der Waals surface area contributed by atoms with Crippen LogP contribution in [0.2, 0.25) is 0 Å². The summed E-state index contributed by atoms with van der Waals surface area (Å²) in [7, 11) is 0. The van der Waals surface area contributed by atoms with Crippen LogP contribution in [0.3, 0.4) is 0 Å². The van der Waals surface area contributed by atoms with E-state index in [9.17, 15) is 4.39 Å². The zero-order chi connectivity index (χ0) is 21.4. The fraction of sp³-hybridized carbons (Fsp3) is 0.0833. The first kappa shape index (κ1) is 19.9. The number of pyridine rings is 1. The summed E-state index contributed by atoms with van der Waals surface area (Å²) in [5, 5.41) is 3.91. The molecule has 1 aliphatic rings. The molecule has 2 atom stereocenters. The van der Waals surface area contributed by atoms with E-state index in [1.54, 1.807) is 18.3 Å². The van der Waals surface area contributed by atoms with Gasteiger partial charge < -0.3 is 14.6 Å². The van der Waals surface area contributed by atoms with Gasteiger partial charge in [0, 0.05) is 21.9 Å². The SMILES string of the molecule is Fc1ccc(N2C(=S)N[C@@H](c3ccccn3)[C@@H]2c2ccc(-c3ccc(Br)cc3)o2)cc1. The summed E-state index contributed by atoms with van der Waals surface area (Å²) in [6.45, 7) is 0. The van der Waals surface area contributed by atoms with Crippen LogP contribution in [-0.4, -0.2) is 10.1 Å². The molecule has 1 fully saturated rings. The maximum absolute atomic E-state index is 13.6. The number of hydrogen-bond acceptors (Lipinski definition) is 3. The van der Waals surface area contributed by atoms with Crippen molar-refractivity contribution >= 4 is 38.9 Å². The molecule has 0 aliphatic carbocycles. The lowest BCUT2D eigenvalue weighted by Crippen LogP contribution is -2.29. The highest BCUT2D eigenvalue weighted by atomic mass is 79.9. The minimum Gasteiger partial charge on any atom is -0.459 e. The molecule has 4 nitrogen and oxygen atoms in total. The van der Waals surface area contributed by atoms with Crippen LogP contribution in [0.1, 0.15) is 23.5 Å². The van der Waals surface area contributed by atoms with Gasteiger partial charge in [-0.3, -0.25) is 4.98 Å². The van der Waals surface area contributed by atoms with E-state index in [2.05, 4.69) is 26.2 Å². The van der Waals surface area contributed by atoms with E-state index in [1.165, 1.54) is 12.1 Å². The maximum atomic E-state index is 13.6. The van der Waals surface area contributed by atoms with E-state index in [4.69, 9.17) is 16.6 Å². The maximum Gasteiger partial charge on any atom is 0.174 e. The third-order valence-corrected chi connectivity index (χ3v) is 6.09. The topological polar surface area (TPSA) is 41.3 Å². The van der Waals surface area contributed by atoms with Gasteiger partial charge in [-0.05, 0) is 72.9 Å². The normalized spacial score (nSPS) is 18.3. The minimum atomic E-state index is -0.296. The Hall–Kier alpha value is -3.03. The molecular weight excluding hydrogens is 477 g/mol. The van der Waals surface area contributed by atoms with Crippen molar-refractivity contribution in [1.82, 2.24) is 10.3 Å². The Morgan fingerprint density at radius 3 is 2.45 bits per heavy atom. The molecule has 1 N–H and O–H groups in total. The number of benzene rings is 2. The van der Waals surface area contributed by atoms with Gasteiger partial charge in [-0.15, -0.1) is 0 Å². The number of hydrogen-bond donors (Lipinski definition) is 1. The molecule has 2 aromatic carbocycles. The third kappa shape index (κ3) is 3.86. The van der Waals surface area contributed by atoms with E-state index in [0.29, 0.717) is 5.11 Å². The number of furan rings is 1. The van der Waals surface area contributed by atoms with Crippen molar-refractivity contribution in [2.75, 3.05) is 4.90 Å². The highest BCUT2D eigenvalue weighted by molar-refractivity contribution is 9.10. The third-order valence-electron chi connectivity index (χ3n) is 5.25. The van der Waals surface area contributed by atoms with Crippen molar-refractivity contribution in [3.8, 4) is 11.3 Å². The summed E-state index contributed by atoms with van der Waals surface area (Å²) in [5.41, 5.74) is 2.61. The smallest absolute Gasteiger partial charge is 0.174 e. The Morgan fingerprint density at radius 1 is 0.968 bits per heavy atom. The summed E-state index contributed by atoms with van der Waals surface area (Å²) < 4.78 is 20.9. The molecule has 0 unspecified atom stereocenters. The highest BCUT2D eigenvalue weighted by Crippen LogP contribution is 2.42. The molecule has 5 rings (SSSR count). The number of aromatic nitrogens is 1. The molecule has 7 heteroatoms. The summed E-state index contributed by atoms with van der Waals surface area (Å²) in [6.07, 6.45) is 1.76. The van der Waals surface area contributed by atoms with Crippen LogP contribution in [0.4, 0.5) is 10.1 Å². The van der Waals surface area contributed by atoms with Gasteiger partial charge in [0.25, 0.3) is 0 Å². The quantitative estimate of drug-likeness (QED) is 0.332. The molecule has 0 saturated carbocycles. The van der Waals surface area contributed by atoms with E-state index in [0.717, 1.165) is 32.9 Å². The summed E-state index contributed by atoms with van der Waals surface area (Å²) >= 11 is 9.13. The molecule has 31 heavy (non-hydrogen) atoms. The van der Waals surface area contributed by atoms with E-state index in [-0.39, 0.29) is 17.9 Å². The number of nitrogens with one attached hydrogen (secondary N) is 1. The van der Waals surface area contributed by atoms with Crippen LogP contribution in [0, 0.1) is 5.82 Å². The number of nitrogens with zero attached hydrogens (tertiary/aromatic N) is 2. The second kappa shape index (κ2) is 8.24. The first-order valence-electron chi connectivity index (χ1n) is 9.72. The fourth-order valence-corrected chi connectivity index (χ4v) is 4.41. The van der Waals surface area contributed by atoms with Gasteiger partial charge in [-0.25, -0.2) is 4.39 Å². The lowest BCUT2D eigenvalue weighted by Gasteiger charge is -2.26. The first-order chi connectivity index (χ1) is 15.1. The molecule has 0 spiro atoms. The predicted molar refractivity (Wildman–Crippen MR) is 126 cm³/mol. The van der Waals surface area contributed by atoms with E-state index in [1.807, 2.05) is 59.5 Å². The standard InChI is InChI=1S/C24H17BrFN3OS/c25-16-6-4-15(5-7-16)20-12-13-21(30-20)23-22(19-3-1-2-14-27-19)28-24(31)29(23)18-10-8-17(26)9-11-18/h1-14,22-23H,(H,28,31)/t22-,23-/m0/s1. The van der Waals surface area contributed by atoms with Gasteiger partial charge in [0.2, 0.25) is 0 Å². The Bertz CT molecular complexity index is 1210. The van der Waals surface area contributed by atoms with Gasteiger partial charge in [-0.2, -0.15) is 0 Å². The highest BCUT2D eigenvalue weighted by Gasteiger charge is 2.42. The molecule has 4 aromatic rings. The van der Waals surface area contributed by atoms with Crippen molar-refractivity contribution in [2.24, 2.45) is 0 Å². The Labute approximate surface area is 192 Å². The molecule has 1 aliphatic heterocycles. The van der Waals surface area contributed by atoms with Crippen molar-refractivity contribution in [2.45, 2.75) is 12.1 Å². The van der Waals surface area contributed by atoms with Crippen LogP contribution in [-0.2, 0) is 0 Å². The zero-order valence-corrected chi connectivity index (χ0v) is 18.6. The lowest BCUT2D eigenvalue weighted by molar-refractivity contribution is 0.439. The molecule has 0 amide bonds. The van der Waals surface area contributed by atoms with Crippen LogP contribution in [0.15, 0.2) is 93.9 Å². The molecule has 0 bridgehead atoms. The Kier molecular flexibility index (Phi) is 5.29. The van der Waals surface area contributed by atoms with Crippen molar-refractivity contribution < 1.29 is 8.81 Å². The average Bonchev–Trinajstić information content (AvgIpc) is 3.40. The second-order valence-electron chi connectivity index (χ2n) is 7.18. The lowest BCUT2D eigenvalue weighted by atomic mass is 10.0. The zero-order valence-electron chi connectivity index (χ0n) is 16.2. The summed E-state index contributed by atoms with van der Waals surface area (Å²) in [4.78, 5) is 6.49. The molecule has 2 aromatic heterocycles. The fourth-order valence-electron chi connectivity index (χ4n) is 3.80. The number of anilines is 1. The molecule has 3 heterocycles. The first-order valence-corrected chi connectivity index (χ1v) is 10.9. The van der Waals surface area contributed by atoms with Crippen molar-refractivity contribution in [3.05, 3.63) is 107 Å². The van der Waals surface area contributed by atoms with Crippen LogP contribution in [0.25, 0.3) is 11.3 Å². The molecule has 0 radical (unpaired) electrons. The number of halogens is 2. The van der Waals surface area contributed by atoms with Crippen LogP contribution in [0.5, 0.6) is 0 Å². The molecule has 154 valence electrons. The number of rotatable bonds is 4. The largest absolute Gasteiger partial charge is 0.459 e. The van der Waals surface area contributed by atoms with E-state index >= 15 is 0 Å². The van der Waals surface area contributed by atoms with Gasteiger partial charge in [0.1, 0.15) is 23.4 Å². The minimum absolute atomic E-state index is 0.220. The van der Waals surface area contributed by atoms with Gasteiger partial charge >= 0.3 is 0 Å². The Morgan fingerprint density at radius 2 is 1.74 bits per heavy atom. The van der Waals surface area contributed by atoms with Crippen molar-refractivity contribution in [3.63, 3.8) is 0 Å². The molecule has 1 saturated heterocycles. The Balaban J connectivity index is 1.59. The monoisotopic (exact) mass is 493 g/mol. The van der Waals surface area contributed by atoms with Gasteiger partial charge in [0.05, 0.1) is 11.7 Å². The second-order valence-corrected chi connectivity index (χ2v) is 8.48. The molecular formula is C24H17BrFN3OS. The number of thiocarbonyl (C=S) groups is 1. The van der Waals surface area contributed by atoms with E-state index < -0.39 is 0 Å². The average molecular weight is 494 g/mol. The van der Waals surface area contributed by atoms with Crippen molar-refractivity contribution in [1.29, 1.82) is 0 Å². The van der Waals surface area contributed by atoms with Gasteiger partial charge in [0.15, 0.2) is 5.11 Å². The van der Waals surface area contributed by atoms with Crippen LogP contribution >= 0.6 is 28.1 Å². The van der Waals surface area contributed by atoms with Gasteiger partial charge in [-0.1, -0.05) is 34.1 Å². The summed E-state index contributed by atoms with van der Waals surface area (Å²) in [5.74, 6) is 1.21. The summed E-state index contributed by atoms with van der Waals surface area (Å²) in [6, 6.07) is 23.4.